The Bertz CT molecular complexity index is 299. The largest absolute Gasteiger partial charge is 0.481 e. The quantitative estimate of drug-likeness (QED) is 0.669. The second-order valence-corrected chi connectivity index (χ2v) is 4.18. The summed E-state index contributed by atoms with van der Waals surface area (Å²) in [6.45, 7) is 6.02. The van der Waals surface area contributed by atoms with E-state index in [1.807, 2.05) is 13.8 Å². The third-order valence-corrected chi connectivity index (χ3v) is 2.06. The monoisotopic (exact) mass is 225 g/mol. The molecule has 0 unspecified atom stereocenters. The topological polar surface area (TPSA) is 66.4 Å². The van der Waals surface area contributed by atoms with Gasteiger partial charge in [0.25, 0.3) is 5.91 Å². The third-order valence-electron chi connectivity index (χ3n) is 2.06. The van der Waals surface area contributed by atoms with E-state index < -0.39 is 5.97 Å². The van der Waals surface area contributed by atoms with Gasteiger partial charge in [0.15, 0.2) is 0 Å². The Kier molecular flexibility index (Phi) is 7.02. The van der Waals surface area contributed by atoms with E-state index >= 15 is 0 Å². The van der Waals surface area contributed by atoms with Crippen molar-refractivity contribution in [3.63, 3.8) is 0 Å². The molecule has 0 aliphatic heterocycles. The van der Waals surface area contributed by atoms with Crippen LogP contribution in [0.15, 0.2) is 0 Å². The molecule has 1 amide bonds. The molecule has 0 aliphatic carbocycles. The van der Waals surface area contributed by atoms with E-state index in [1.54, 1.807) is 6.92 Å². The van der Waals surface area contributed by atoms with Crippen LogP contribution in [0.25, 0.3) is 0 Å². The fraction of sp³-hybridized carbons (Fsp3) is 0.667. The van der Waals surface area contributed by atoms with Gasteiger partial charge in [0.1, 0.15) is 0 Å². The first-order valence-electron chi connectivity index (χ1n) is 5.38. The van der Waals surface area contributed by atoms with Crippen molar-refractivity contribution in [1.82, 2.24) is 5.32 Å². The molecule has 0 fully saturated rings. The van der Waals surface area contributed by atoms with Crippen molar-refractivity contribution in [2.75, 3.05) is 6.54 Å². The first-order valence-corrected chi connectivity index (χ1v) is 5.38. The zero-order chi connectivity index (χ0) is 12.6. The number of carboxylic acid groups (broad SMARTS) is 1. The summed E-state index contributed by atoms with van der Waals surface area (Å²) < 4.78 is 0. The van der Waals surface area contributed by atoms with Gasteiger partial charge in [-0.2, -0.15) is 0 Å². The van der Waals surface area contributed by atoms with Gasteiger partial charge in [-0.1, -0.05) is 19.8 Å². The van der Waals surface area contributed by atoms with Gasteiger partial charge in [-0.25, -0.2) is 0 Å². The predicted molar refractivity (Wildman–Crippen MR) is 61.7 cm³/mol. The van der Waals surface area contributed by atoms with Crippen LogP contribution in [0.3, 0.4) is 0 Å². The van der Waals surface area contributed by atoms with Crippen LogP contribution >= 0.6 is 0 Å². The van der Waals surface area contributed by atoms with Crippen LogP contribution < -0.4 is 5.32 Å². The molecule has 4 heteroatoms. The molecule has 4 nitrogen and oxygen atoms in total. The Morgan fingerprint density at radius 3 is 2.44 bits per heavy atom. The smallest absolute Gasteiger partial charge is 0.303 e. The molecule has 0 heterocycles. The zero-order valence-electron chi connectivity index (χ0n) is 10.0. The first kappa shape index (κ1) is 14.5. The van der Waals surface area contributed by atoms with Crippen molar-refractivity contribution < 1.29 is 14.7 Å². The lowest BCUT2D eigenvalue weighted by atomic mass is 9.94. The van der Waals surface area contributed by atoms with Crippen LogP contribution in [0.1, 0.15) is 33.6 Å². The highest BCUT2D eigenvalue weighted by Gasteiger charge is 2.15. The van der Waals surface area contributed by atoms with Crippen LogP contribution in [-0.2, 0) is 9.59 Å². The number of rotatable bonds is 6. The van der Waals surface area contributed by atoms with Gasteiger partial charge >= 0.3 is 5.97 Å². The Morgan fingerprint density at radius 1 is 1.38 bits per heavy atom. The maximum Gasteiger partial charge on any atom is 0.303 e. The van der Waals surface area contributed by atoms with Crippen molar-refractivity contribution in [3.05, 3.63) is 0 Å². The first-order chi connectivity index (χ1) is 7.45. The van der Waals surface area contributed by atoms with Crippen molar-refractivity contribution in [2.24, 2.45) is 11.8 Å². The van der Waals surface area contributed by atoms with E-state index in [0.29, 0.717) is 12.5 Å². The highest BCUT2D eigenvalue weighted by Crippen LogP contribution is 2.14. The molecule has 0 aliphatic rings. The summed E-state index contributed by atoms with van der Waals surface area (Å²) in [6, 6.07) is 0. The molecule has 16 heavy (non-hydrogen) atoms. The maximum atomic E-state index is 11.1. The minimum absolute atomic E-state index is 0.0277. The highest BCUT2D eigenvalue weighted by atomic mass is 16.4. The molecule has 0 rings (SSSR count). The molecule has 2 N–H and O–H groups in total. The lowest BCUT2D eigenvalue weighted by Crippen LogP contribution is -2.30. The number of carbonyl (C=O) groups is 2. The van der Waals surface area contributed by atoms with Crippen molar-refractivity contribution in [3.8, 4) is 11.8 Å². The molecule has 0 aromatic carbocycles. The molecular formula is C12H19NO3. The number of hydrogen-bond donors (Lipinski definition) is 2. The van der Waals surface area contributed by atoms with Crippen LogP contribution in [0.5, 0.6) is 0 Å². The van der Waals surface area contributed by atoms with Crippen molar-refractivity contribution in [2.45, 2.75) is 33.6 Å². The van der Waals surface area contributed by atoms with E-state index in [-0.39, 0.29) is 18.2 Å². The number of hydrogen-bond acceptors (Lipinski definition) is 2. The van der Waals surface area contributed by atoms with Gasteiger partial charge < -0.3 is 10.4 Å². The molecule has 1 atom stereocenters. The third kappa shape index (κ3) is 7.86. The Balaban J connectivity index is 4.13. The molecule has 0 bridgehead atoms. The SMILES string of the molecule is CC#CC(=O)NC[C@H](CC(=O)O)CC(C)C. The van der Waals surface area contributed by atoms with Gasteiger partial charge in [0, 0.05) is 13.0 Å². The van der Waals surface area contributed by atoms with Crippen LogP contribution in [0, 0.1) is 23.7 Å². The summed E-state index contributed by atoms with van der Waals surface area (Å²) in [5.74, 6) is 4.06. The molecule has 0 aromatic rings. The Labute approximate surface area is 96.4 Å². The highest BCUT2D eigenvalue weighted by molar-refractivity contribution is 5.93. The minimum atomic E-state index is -0.832. The normalized spacial score (nSPS) is 11.5. The Morgan fingerprint density at radius 2 is 2.00 bits per heavy atom. The van der Waals surface area contributed by atoms with E-state index in [9.17, 15) is 9.59 Å². The molecule has 90 valence electrons. The fourth-order valence-corrected chi connectivity index (χ4v) is 1.55. The van der Waals surface area contributed by atoms with E-state index in [1.165, 1.54) is 0 Å². The molecule has 0 spiro atoms. The summed E-state index contributed by atoms with van der Waals surface area (Å²) in [4.78, 5) is 21.7. The van der Waals surface area contributed by atoms with Gasteiger partial charge in [-0.05, 0) is 31.1 Å². The second kappa shape index (κ2) is 7.75. The minimum Gasteiger partial charge on any atom is -0.481 e. The molecule has 0 aromatic heterocycles. The average molecular weight is 225 g/mol. The van der Waals surface area contributed by atoms with Crippen molar-refractivity contribution in [1.29, 1.82) is 0 Å². The standard InChI is InChI=1S/C12H19NO3/c1-4-5-11(14)13-8-10(6-9(2)3)7-12(15)16/h9-10H,6-8H2,1-3H3,(H,13,14)(H,15,16)/t10-/m0/s1. The lowest BCUT2D eigenvalue weighted by Gasteiger charge is -2.16. The second-order valence-electron chi connectivity index (χ2n) is 4.18. The molecule has 0 saturated heterocycles. The van der Waals surface area contributed by atoms with Gasteiger partial charge in [-0.15, -0.1) is 0 Å². The van der Waals surface area contributed by atoms with E-state index in [2.05, 4.69) is 17.2 Å². The number of amides is 1. The molecule has 0 saturated carbocycles. The number of carbonyl (C=O) groups excluding carboxylic acids is 1. The fourth-order valence-electron chi connectivity index (χ4n) is 1.55. The summed E-state index contributed by atoms with van der Waals surface area (Å²) in [7, 11) is 0. The Hall–Kier alpha value is -1.50. The predicted octanol–water partition coefficient (Wildman–Crippen LogP) is 1.26. The summed E-state index contributed by atoms with van der Waals surface area (Å²) >= 11 is 0. The van der Waals surface area contributed by atoms with Gasteiger partial charge in [0.05, 0.1) is 0 Å². The number of carboxylic acids is 1. The maximum absolute atomic E-state index is 11.1. The lowest BCUT2D eigenvalue weighted by molar-refractivity contribution is -0.138. The average Bonchev–Trinajstić information content (AvgIpc) is 2.13. The molecular weight excluding hydrogens is 206 g/mol. The summed E-state index contributed by atoms with van der Waals surface area (Å²) in [6.07, 6.45) is 0.865. The van der Waals surface area contributed by atoms with E-state index in [4.69, 9.17) is 5.11 Å². The zero-order valence-corrected chi connectivity index (χ0v) is 10.0. The number of nitrogens with one attached hydrogen (secondary N) is 1. The summed E-state index contributed by atoms with van der Waals surface area (Å²) in [5, 5.41) is 11.3. The number of aliphatic carboxylic acids is 1. The van der Waals surface area contributed by atoms with Gasteiger partial charge in [0.2, 0.25) is 0 Å². The molecule has 0 radical (unpaired) electrons. The van der Waals surface area contributed by atoms with Crippen LogP contribution in [-0.4, -0.2) is 23.5 Å². The van der Waals surface area contributed by atoms with Crippen LogP contribution in [0.4, 0.5) is 0 Å². The van der Waals surface area contributed by atoms with E-state index in [0.717, 1.165) is 6.42 Å². The van der Waals surface area contributed by atoms with Gasteiger partial charge in [-0.3, -0.25) is 9.59 Å². The summed E-state index contributed by atoms with van der Waals surface area (Å²) in [5.41, 5.74) is 0. The van der Waals surface area contributed by atoms with Crippen molar-refractivity contribution >= 4 is 11.9 Å². The van der Waals surface area contributed by atoms with Crippen LogP contribution in [0.2, 0.25) is 0 Å².